The van der Waals surface area contributed by atoms with Gasteiger partial charge in [0.05, 0.1) is 78.8 Å². The van der Waals surface area contributed by atoms with Gasteiger partial charge in [-0.25, -0.2) is 0 Å². The molecule has 0 spiro atoms. The average molecular weight is 726 g/mol. The zero-order valence-corrected chi connectivity index (χ0v) is 32.4. The van der Waals surface area contributed by atoms with Gasteiger partial charge in [0, 0.05) is 33.0 Å². The van der Waals surface area contributed by atoms with Crippen LogP contribution in [0.2, 0.25) is 0 Å². The van der Waals surface area contributed by atoms with Crippen LogP contribution in [0.15, 0.2) is 0 Å². The molecule has 0 bridgehead atoms. The normalized spacial score (nSPS) is 19.1. The third-order valence-corrected chi connectivity index (χ3v) is 7.79. The van der Waals surface area contributed by atoms with E-state index in [0.29, 0.717) is 92.5 Å². The molecule has 0 saturated carbocycles. The number of unbranched alkanes of at least 4 members (excludes halogenated alkanes) is 4. The first-order valence-electron chi connectivity index (χ1n) is 19.3. The number of hydrogen-bond acceptors (Lipinski definition) is 13. The molecule has 0 radical (unpaired) electrons. The van der Waals surface area contributed by atoms with Crippen LogP contribution in [0.3, 0.4) is 0 Å². The Morgan fingerprint density at radius 3 is 1.22 bits per heavy atom. The number of ether oxygens (including phenoxy) is 11. The summed E-state index contributed by atoms with van der Waals surface area (Å²) in [4.78, 5) is 0. The Kier molecular flexibility index (Phi) is 30.4. The maximum Gasteiger partial charge on any atom is 0.163 e. The molecule has 1 fully saturated rings. The Balaban J connectivity index is 2.61. The number of rotatable bonds is 37. The third-order valence-electron chi connectivity index (χ3n) is 7.79. The van der Waals surface area contributed by atoms with E-state index < -0.39 is 11.9 Å². The Bertz CT molecular complexity index is 737. The molecule has 1 aliphatic heterocycles. The number of nitrogens with two attached hydrogens (primary N) is 1. The molecule has 300 valence electrons. The molecule has 0 amide bonds. The SMILES string of the molecule is CCCCOC(COCC(O)CN)COCC(COCC(COCC(COCC1COC(C)(C)O1)OCCCC)OCCCC)OCCCC. The molecule has 0 aromatic heterocycles. The largest absolute Gasteiger partial charge is 0.389 e. The Hall–Kier alpha value is -0.520. The van der Waals surface area contributed by atoms with Gasteiger partial charge in [0.25, 0.3) is 0 Å². The fourth-order valence-electron chi connectivity index (χ4n) is 4.73. The van der Waals surface area contributed by atoms with Crippen molar-refractivity contribution in [2.75, 3.05) is 106 Å². The van der Waals surface area contributed by atoms with Crippen molar-refractivity contribution in [2.45, 2.75) is 135 Å². The monoisotopic (exact) mass is 726 g/mol. The lowest BCUT2D eigenvalue weighted by Crippen LogP contribution is -2.35. The summed E-state index contributed by atoms with van der Waals surface area (Å²) >= 11 is 0. The highest BCUT2D eigenvalue weighted by Gasteiger charge is 2.32. The molecule has 1 saturated heterocycles. The van der Waals surface area contributed by atoms with Crippen LogP contribution >= 0.6 is 0 Å². The molecule has 3 N–H and O–H groups in total. The molecule has 13 heteroatoms. The van der Waals surface area contributed by atoms with E-state index in [9.17, 15) is 5.11 Å². The van der Waals surface area contributed by atoms with Gasteiger partial charge >= 0.3 is 0 Å². The van der Waals surface area contributed by atoms with Crippen molar-refractivity contribution in [3.8, 4) is 0 Å². The number of aliphatic hydroxyl groups is 1. The van der Waals surface area contributed by atoms with Crippen molar-refractivity contribution < 1.29 is 57.2 Å². The Morgan fingerprint density at radius 1 is 0.580 bits per heavy atom. The van der Waals surface area contributed by atoms with E-state index in [1.165, 1.54) is 0 Å². The summed E-state index contributed by atoms with van der Waals surface area (Å²) in [5, 5.41) is 9.72. The second-order valence-electron chi connectivity index (χ2n) is 13.4. The zero-order valence-electron chi connectivity index (χ0n) is 32.4. The van der Waals surface area contributed by atoms with Crippen LogP contribution in [0.25, 0.3) is 0 Å². The van der Waals surface area contributed by atoms with Gasteiger partial charge in [-0.05, 0) is 39.5 Å². The minimum Gasteiger partial charge on any atom is -0.389 e. The summed E-state index contributed by atoms with van der Waals surface area (Å²) in [7, 11) is 0. The standard InChI is InChI=1S/C37H75NO12/c1-7-11-15-45-32(21-40-20-31(39)19-38)22-41-23-33(46-16-12-8-2)24-42-25-34(47-17-13-9-3)26-43-27-35(48-18-14-10-4)28-44-29-36-30-49-37(5,6)50-36/h31-36,39H,7-30,38H2,1-6H3. The topological polar surface area (TPSA) is 148 Å². The fraction of sp³-hybridized carbons (Fsp3) is 1.00. The molecular formula is C37H75NO12. The minimum absolute atomic E-state index is 0.0908. The van der Waals surface area contributed by atoms with Gasteiger partial charge in [-0.1, -0.05) is 53.4 Å². The highest BCUT2D eigenvalue weighted by molar-refractivity contribution is 4.71. The highest BCUT2D eigenvalue weighted by Crippen LogP contribution is 2.22. The van der Waals surface area contributed by atoms with Crippen LogP contribution in [0.1, 0.15) is 92.9 Å². The molecule has 0 aliphatic carbocycles. The van der Waals surface area contributed by atoms with Gasteiger partial charge < -0.3 is 62.9 Å². The molecule has 1 rings (SSSR count). The quantitative estimate of drug-likeness (QED) is 0.0880. The first-order valence-corrected chi connectivity index (χ1v) is 19.3. The zero-order chi connectivity index (χ0) is 36.7. The van der Waals surface area contributed by atoms with Crippen molar-refractivity contribution in [3.63, 3.8) is 0 Å². The van der Waals surface area contributed by atoms with Crippen LogP contribution in [0, 0.1) is 0 Å². The van der Waals surface area contributed by atoms with E-state index in [4.69, 9.17) is 57.8 Å². The lowest BCUT2D eigenvalue weighted by atomic mass is 10.3. The summed E-state index contributed by atoms with van der Waals surface area (Å²) in [6.45, 7) is 19.1. The van der Waals surface area contributed by atoms with E-state index in [0.717, 1.165) is 51.4 Å². The lowest BCUT2D eigenvalue weighted by molar-refractivity contribution is -0.148. The molecule has 6 atom stereocenters. The number of aliphatic hydroxyl groups excluding tert-OH is 1. The van der Waals surface area contributed by atoms with Crippen LogP contribution in [-0.2, 0) is 52.1 Å². The summed E-state index contributed by atoms with van der Waals surface area (Å²) in [6, 6.07) is 0. The number of hydrogen-bond donors (Lipinski definition) is 2. The van der Waals surface area contributed by atoms with Gasteiger partial charge in [-0.2, -0.15) is 0 Å². The smallest absolute Gasteiger partial charge is 0.163 e. The summed E-state index contributed by atoms with van der Waals surface area (Å²) in [5.74, 6) is -0.574. The predicted molar refractivity (Wildman–Crippen MR) is 193 cm³/mol. The molecular weight excluding hydrogens is 650 g/mol. The molecule has 13 nitrogen and oxygen atoms in total. The summed E-state index contributed by atoms with van der Waals surface area (Å²) in [6.07, 6.45) is 6.29. The third kappa shape index (κ3) is 26.3. The maximum absolute atomic E-state index is 9.72. The van der Waals surface area contributed by atoms with Crippen molar-refractivity contribution >= 4 is 0 Å². The van der Waals surface area contributed by atoms with E-state index in [1.807, 2.05) is 13.8 Å². The second kappa shape index (κ2) is 32.0. The van der Waals surface area contributed by atoms with Gasteiger partial charge in [0.15, 0.2) is 5.79 Å². The molecule has 50 heavy (non-hydrogen) atoms. The van der Waals surface area contributed by atoms with Crippen LogP contribution in [-0.4, -0.2) is 153 Å². The van der Waals surface area contributed by atoms with Crippen molar-refractivity contribution in [1.82, 2.24) is 0 Å². The van der Waals surface area contributed by atoms with Gasteiger partial charge in [0.2, 0.25) is 0 Å². The summed E-state index contributed by atoms with van der Waals surface area (Å²) < 4.78 is 65.8. The van der Waals surface area contributed by atoms with E-state index >= 15 is 0 Å². The van der Waals surface area contributed by atoms with Crippen LogP contribution < -0.4 is 5.73 Å². The molecule has 0 aromatic rings. The molecule has 6 unspecified atom stereocenters. The van der Waals surface area contributed by atoms with Crippen molar-refractivity contribution in [1.29, 1.82) is 0 Å². The molecule has 1 aliphatic rings. The highest BCUT2D eigenvalue weighted by atomic mass is 16.7. The Morgan fingerprint density at radius 2 is 0.920 bits per heavy atom. The second-order valence-corrected chi connectivity index (χ2v) is 13.4. The summed E-state index contributed by atoms with van der Waals surface area (Å²) in [5.41, 5.74) is 5.49. The minimum atomic E-state index is -0.693. The Labute approximate surface area is 303 Å². The van der Waals surface area contributed by atoms with Crippen LogP contribution in [0.5, 0.6) is 0 Å². The van der Waals surface area contributed by atoms with Crippen molar-refractivity contribution in [2.24, 2.45) is 5.73 Å². The lowest BCUT2D eigenvalue weighted by Gasteiger charge is -2.24. The maximum atomic E-state index is 9.72. The predicted octanol–water partition coefficient (Wildman–Crippen LogP) is 4.28. The van der Waals surface area contributed by atoms with E-state index in [2.05, 4.69) is 27.7 Å². The van der Waals surface area contributed by atoms with Gasteiger partial charge in [-0.3, -0.25) is 0 Å². The first kappa shape index (κ1) is 47.5. The van der Waals surface area contributed by atoms with Crippen LogP contribution in [0.4, 0.5) is 0 Å². The fourth-order valence-corrected chi connectivity index (χ4v) is 4.73. The van der Waals surface area contributed by atoms with Gasteiger partial charge in [-0.15, -0.1) is 0 Å². The average Bonchev–Trinajstić information content (AvgIpc) is 3.45. The van der Waals surface area contributed by atoms with Gasteiger partial charge in [0.1, 0.15) is 30.5 Å². The van der Waals surface area contributed by atoms with E-state index in [-0.39, 0.29) is 43.7 Å². The van der Waals surface area contributed by atoms with E-state index in [1.54, 1.807) is 0 Å². The first-order chi connectivity index (χ1) is 24.3. The molecule has 0 aromatic carbocycles. The van der Waals surface area contributed by atoms with Crippen molar-refractivity contribution in [3.05, 3.63) is 0 Å². The molecule has 1 heterocycles.